The van der Waals surface area contributed by atoms with E-state index in [0.29, 0.717) is 29.7 Å². The highest BCUT2D eigenvalue weighted by atomic mass is 35.5. The summed E-state index contributed by atoms with van der Waals surface area (Å²) in [4.78, 5) is 29.2. The number of rotatable bonds is 14. The molecule has 9 heteroatoms. The van der Waals surface area contributed by atoms with E-state index in [0.717, 1.165) is 35.6 Å². The number of unbranched alkanes of at least 4 members (excludes halogenated alkanes) is 4. The van der Waals surface area contributed by atoms with Gasteiger partial charge in [-0.1, -0.05) is 62.0 Å². The maximum atomic E-state index is 12.3. The molecule has 0 unspecified atom stereocenters. The van der Waals surface area contributed by atoms with Crippen molar-refractivity contribution >= 4 is 46.6 Å². The maximum absolute atomic E-state index is 12.3. The van der Waals surface area contributed by atoms with Gasteiger partial charge in [-0.3, -0.25) is 4.79 Å². The molecule has 6 nitrogen and oxygen atoms in total. The maximum Gasteiger partial charge on any atom is 0.355 e. The lowest BCUT2D eigenvalue weighted by Gasteiger charge is -2.24. The fourth-order valence-corrected chi connectivity index (χ4v) is 5.93. The summed E-state index contributed by atoms with van der Waals surface area (Å²) in [5, 5.41) is 11.2. The van der Waals surface area contributed by atoms with Crippen LogP contribution in [0.4, 0.5) is 0 Å². The minimum absolute atomic E-state index is 0.0287. The van der Waals surface area contributed by atoms with Crippen molar-refractivity contribution in [2.75, 3.05) is 18.9 Å². The summed E-state index contributed by atoms with van der Waals surface area (Å²) in [6.45, 7) is 3.23. The van der Waals surface area contributed by atoms with Crippen molar-refractivity contribution in [3.63, 3.8) is 0 Å². The van der Waals surface area contributed by atoms with Gasteiger partial charge in [-0.2, -0.15) is 0 Å². The number of hydrogen-bond donors (Lipinski definition) is 1. The number of aromatic nitrogens is 1. The van der Waals surface area contributed by atoms with Crippen molar-refractivity contribution in [2.45, 2.75) is 68.7 Å². The monoisotopic (exact) mass is 510 g/mol. The van der Waals surface area contributed by atoms with Crippen molar-refractivity contribution < 1.29 is 19.4 Å². The minimum atomic E-state index is -1.02. The third-order valence-electron chi connectivity index (χ3n) is 5.73. The highest BCUT2D eigenvalue weighted by Gasteiger charge is 2.31. The fourth-order valence-electron chi connectivity index (χ4n) is 3.86. The van der Waals surface area contributed by atoms with Gasteiger partial charge >= 0.3 is 5.97 Å². The second-order valence-electron chi connectivity index (χ2n) is 8.16. The molecule has 0 saturated carbocycles. The molecule has 1 aromatic heterocycles. The zero-order valence-corrected chi connectivity index (χ0v) is 21.3. The molecular formula is C24H31ClN2O4S2. The molecule has 1 N–H and O–H groups in total. The van der Waals surface area contributed by atoms with Crippen LogP contribution in [0.3, 0.4) is 0 Å². The number of aryl methyl sites for hydroxylation is 1. The lowest BCUT2D eigenvalue weighted by Crippen LogP contribution is -2.38. The smallest absolute Gasteiger partial charge is 0.355 e. The average Bonchev–Trinajstić information content (AvgIpc) is 3.41. The van der Waals surface area contributed by atoms with Gasteiger partial charge in [0.15, 0.2) is 10.0 Å². The average molecular weight is 511 g/mol. The Bertz CT molecular complexity index is 937. The van der Waals surface area contributed by atoms with Crippen molar-refractivity contribution in [3.05, 3.63) is 39.9 Å². The fraction of sp³-hybridized carbons (Fsp3) is 0.542. The van der Waals surface area contributed by atoms with Crippen LogP contribution in [0.15, 0.2) is 27.9 Å². The molecule has 1 saturated heterocycles. The zero-order valence-electron chi connectivity index (χ0n) is 18.9. The first kappa shape index (κ1) is 25.8. The molecule has 1 aliphatic rings. The SMILES string of the molecule is CCCCCCCc1ccc(OC[C@H]2CCC(=O)N2CCSc2nc(C(=O)O)cs2)cc1Cl. The van der Waals surface area contributed by atoms with Crippen molar-refractivity contribution in [3.8, 4) is 5.75 Å². The van der Waals surface area contributed by atoms with Crippen molar-refractivity contribution in [1.29, 1.82) is 0 Å². The Morgan fingerprint density at radius 2 is 2.15 bits per heavy atom. The molecule has 180 valence electrons. The highest BCUT2D eigenvalue weighted by Crippen LogP contribution is 2.27. The molecule has 2 aromatic rings. The molecule has 1 atom stereocenters. The number of likely N-dealkylation sites (tertiary alicyclic amines) is 1. The number of thioether (sulfide) groups is 1. The van der Waals surface area contributed by atoms with Crippen LogP contribution in [0.2, 0.25) is 5.02 Å². The Morgan fingerprint density at radius 3 is 2.88 bits per heavy atom. The van der Waals surface area contributed by atoms with Gasteiger partial charge in [-0.25, -0.2) is 9.78 Å². The summed E-state index contributed by atoms with van der Waals surface area (Å²) < 4.78 is 6.70. The normalized spacial score (nSPS) is 15.9. The topological polar surface area (TPSA) is 79.7 Å². The van der Waals surface area contributed by atoms with Gasteiger partial charge < -0.3 is 14.7 Å². The Hall–Kier alpha value is -1.77. The number of halogens is 1. The summed E-state index contributed by atoms with van der Waals surface area (Å²) in [7, 11) is 0. The Labute approximate surface area is 208 Å². The van der Waals surface area contributed by atoms with E-state index in [-0.39, 0.29) is 17.6 Å². The Kier molecular flexibility index (Phi) is 10.3. The number of thiazole rings is 1. The number of amides is 1. The van der Waals surface area contributed by atoms with Crippen LogP contribution >= 0.6 is 34.7 Å². The molecule has 0 aliphatic carbocycles. The number of carbonyl (C=O) groups excluding carboxylic acids is 1. The lowest BCUT2D eigenvalue weighted by molar-refractivity contribution is -0.129. The quantitative estimate of drug-likeness (QED) is 0.242. The third kappa shape index (κ3) is 7.90. The Balaban J connectivity index is 1.44. The van der Waals surface area contributed by atoms with Crippen molar-refractivity contribution in [2.24, 2.45) is 0 Å². The number of nitrogens with zero attached hydrogens (tertiary/aromatic N) is 2. The van der Waals surface area contributed by atoms with E-state index in [4.69, 9.17) is 21.4 Å². The van der Waals surface area contributed by atoms with Gasteiger partial charge in [0.05, 0.1) is 6.04 Å². The molecule has 1 aliphatic heterocycles. The molecule has 3 rings (SSSR count). The van der Waals surface area contributed by atoms with Gasteiger partial charge in [0, 0.05) is 29.1 Å². The first-order valence-corrected chi connectivity index (χ1v) is 13.7. The predicted octanol–water partition coefficient (Wildman–Crippen LogP) is 6.17. The van der Waals surface area contributed by atoms with E-state index in [1.54, 1.807) is 0 Å². The zero-order chi connectivity index (χ0) is 23.6. The number of aromatic carboxylic acids is 1. The Morgan fingerprint density at radius 1 is 1.33 bits per heavy atom. The van der Waals surface area contributed by atoms with Crippen LogP contribution in [0.25, 0.3) is 0 Å². The first-order chi connectivity index (χ1) is 16.0. The van der Waals surface area contributed by atoms with Crippen LogP contribution in [0.1, 0.15) is 67.9 Å². The molecule has 1 fully saturated rings. The summed E-state index contributed by atoms with van der Waals surface area (Å²) in [5.41, 5.74) is 1.22. The highest BCUT2D eigenvalue weighted by molar-refractivity contribution is 8.01. The van der Waals surface area contributed by atoms with Crippen LogP contribution in [0, 0.1) is 0 Å². The van der Waals surface area contributed by atoms with E-state index in [1.807, 2.05) is 23.1 Å². The second-order valence-corrected chi connectivity index (χ2v) is 10.8. The van der Waals surface area contributed by atoms with Crippen molar-refractivity contribution in [1.82, 2.24) is 9.88 Å². The number of benzene rings is 1. The first-order valence-electron chi connectivity index (χ1n) is 11.5. The van der Waals surface area contributed by atoms with Crippen LogP contribution in [0.5, 0.6) is 5.75 Å². The van der Waals surface area contributed by atoms with E-state index >= 15 is 0 Å². The standard InChI is InChI=1S/C24H31ClN2O4S2/c1-2-3-4-5-6-7-17-8-10-19(14-20(17)25)31-15-18-9-11-22(28)27(18)12-13-32-24-26-21(16-33-24)23(29)30/h8,10,14,16,18H,2-7,9,11-13,15H2,1H3,(H,29,30)/t18-/m1/s1. The van der Waals surface area contributed by atoms with Gasteiger partial charge in [-0.05, 0) is 37.0 Å². The molecular weight excluding hydrogens is 480 g/mol. The van der Waals surface area contributed by atoms with E-state index in [2.05, 4.69) is 11.9 Å². The number of ether oxygens (including phenoxy) is 1. The number of hydrogen-bond acceptors (Lipinski definition) is 6. The molecule has 0 spiro atoms. The van der Waals surface area contributed by atoms with E-state index in [1.165, 1.54) is 54.2 Å². The molecule has 2 heterocycles. The van der Waals surface area contributed by atoms with Gasteiger partial charge in [0.25, 0.3) is 0 Å². The summed E-state index contributed by atoms with van der Waals surface area (Å²) in [6, 6.07) is 5.92. The molecule has 33 heavy (non-hydrogen) atoms. The lowest BCUT2D eigenvalue weighted by atomic mass is 10.1. The van der Waals surface area contributed by atoms with E-state index < -0.39 is 5.97 Å². The minimum Gasteiger partial charge on any atom is -0.491 e. The third-order valence-corrected chi connectivity index (χ3v) is 8.08. The van der Waals surface area contributed by atoms with Crippen LogP contribution < -0.4 is 4.74 Å². The van der Waals surface area contributed by atoms with Crippen LogP contribution in [-0.2, 0) is 11.2 Å². The molecule has 1 aromatic carbocycles. The largest absolute Gasteiger partial charge is 0.491 e. The van der Waals surface area contributed by atoms with Gasteiger partial charge in [-0.15, -0.1) is 11.3 Å². The van der Waals surface area contributed by atoms with Crippen LogP contribution in [-0.4, -0.2) is 51.8 Å². The van der Waals surface area contributed by atoms with E-state index in [9.17, 15) is 9.59 Å². The molecule has 0 radical (unpaired) electrons. The predicted molar refractivity (Wildman–Crippen MR) is 134 cm³/mol. The number of carbonyl (C=O) groups is 2. The summed E-state index contributed by atoms with van der Waals surface area (Å²) >= 11 is 9.26. The number of carboxylic acid groups (broad SMARTS) is 1. The number of carboxylic acids is 1. The molecule has 0 bridgehead atoms. The summed E-state index contributed by atoms with van der Waals surface area (Å²) in [6.07, 6.45) is 8.47. The second kappa shape index (κ2) is 13.2. The van der Waals surface area contributed by atoms with Gasteiger partial charge in [0.1, 0.15) is 12.4 Å². The summed E-state index contributed by atoms with van der Waals surface area (Å²) in [5.74, 6) is 0.497. The molecule has 1 amide bonds. The van der Waals surface area contributed by atoms with Gasteiger partial charge in [0.2, 0.25) is 5.91 Å².